The normalized spacial score (nSPS) is 9.87. The van der Waals surface area contributed by atoms with E-state index in [-0.39, 0.29) is 5.91 Å². The molecule has 0 spiro atoms. The van der Waals surface area contributed by atoms with Crippen LogP contribution in [-0.2, 0) is 0 Å². The summed E-state index contributed by atoms with van der Waals surface area (Å²) in [5.74, 6) is -0.272. The second kappa shape index (κ2) is 3.83. The van der Waals surface area contributed by atoms with Crippen molar-refractivity contribution in [3.05, 3.63) is 48.5 Å². The molecule has 0 saturated heterocycles. The molecule has 2 heterocycles. The maximum atomic E-state index is 11.6. The van der Waals surface area contributed by atoms with Crippen molar-refractivity contribution in [2.45, 2.75) is 0 Å². The summed E-state index contributed by atoms with van der Waals surface area (Å²) in [5.41, 5.74) is 8.96. The Morgan fingerprint density at radius 2 is 2.07 bits per heavy atom. The van der Waals surface area contributed by atoms with E-state index >= 15 is 0 Å². The molecule has 2 rings (SSSR count). The monoisotopic (exact) mass is 202 g/mol. The lowest BCUT2D eigenvalue weighted by molar-refractivity contribution is 0.100. The summed E-state index contributed by atoms with van der Waals surface area (Å²) >= 11 is 0. The SMILES string of the molecule is Nc1ccc(C(=O)Nn2cccc2)nc1. The maximum Gasteiger partial charge on any atom is 0.288 e. The Kier molecular flexibility index (Phi) is 2.37. The minimum atomic E-state index is -0.272. The van der Waals surface area contributed by atoms with Crippen LogP contribution in [0.15, 0.2) is 42.9 Å². The molecule has 5 heteroatoms. The molecular weight excluding hydrogens is 192 g/mol. The number of anilines is 1. The molecule has 0 saturated carbocycles. The van der Waals surface area contributed by atoms with E-state index in [9.17, 15) is 4.79 Å². The largest absolute Gasteiger partial charge is 0.397 e. The zero-order chi connectivity index (χ0) is 10.7. The first-order valence-electron chi connectivity index (χ1n) is 4.41. The lowest BCUT2D eigenvalue weighted by Gasteiger charge is -2.04. The number of nitrogen functional groups attached to an aromatic ring is 1. The minimum absolute atomic E-state index is 0.272. The summed E-state index contributed by atoms with van der Waals surface area (Å²) in [7, 11) is 0. The molecule has 2 aromatic rings. The highest BCUT2D eigenvalue weighted by Crippen LogP contribution is 2.01. The zero-order valence-electron chi connectivity index (χ0n) is 7.92. The molecule has 0 aliphatic rings. The van der Waals surface area contributed by atoms with E-state index < -0.39 is 0 Å². The van der Waals surface area contributed by atoms with Gasteiger partial charge in [0.05, 0.1) is 11.9 Å². The van der Waals surface area contributed by atoms with Crippen LogP contribution in [-0.4, -0.2) is 15.6 Å². The Labute approximate surface area is 86.5 Å². The number of hydrogen-bond donors (Lipinski definition) is 2. The summed E-state index contributed by atoms with van der Waals surface area (Å²) in [6, 6.07) is 6.85. The van der Waals surface area contributed by atoms with Crippen molar-refractivity contribution >= 4 is 11.6 Å². The third-order valence-electron chi connectivity index (χ3n) is 1.85. The van der Waals surface area contributed by atoms with Crippen molar-refractivity contribution in [2.24, 2.45) is 0 Å². The van der Waals surface area contributed by atoms with Crippen molar-refractivity contribution in [1.82, 2.24) is 9.66 Å². The average molecular weight is 202 g/mol. The highest BCUT2D eigenvalue weighted by Gasteiger charge is 2.05. The second-order valence-corrected chi connectivity index (χ2v) is 3.01. The molecule has 1 amide bonds. The van der Waals surface area contributed by atoms with Gasteiger partial charge in [0.1, 0.15) is 5.69 Å². The van der Waals surface area contributed by atoms with Crippen LogP contribution < -0.4 is 11.2 Å². The Balaban J connectivity index is 2.11. The second-order valence-electron chi connectivity index (χ2n) is 3.01. The van der Waals surface area contributed by atoms with Crippen LogP contribution in [0.25, 0.3) is 0 Å². The van der Waals surface area contributed by atoms with E-state index in [0.717, 1.165) is 0 Å². The number of nitrogens with zero attached hydrogens (tertiary/aromatic N) is 2. The Morgan fingerprint density at radius 1 is 1.33 bits per heavy atom. The smallest absolute Gasteiger partial charge is 0.288 e. The number of aromatic nitrogens is 2. The van der Waals surface area contributed by atoms with Crippen LogP contribution in [0.1, 0.15) is 10.5 Å². The third-order valence-corrected chi connectivity index (χ3v) is 1.85. The lowest BCUT2D eigenvalue weighted by atomic mass is 10.3. The highest BCUT2D eigenvalue weighted by atomic mass is 16.2. The van der Waals surface area contributed by atoms with Gasteiger partial charge in [0.2, 0.25) is 0 Å². The Bertz CT molecular complexity index is 447. The molecule has 76 valence electrons. The predicted octanol–water partition coefficient (Wildman–Crippen LogP) is 0.849. The predicted molar refractivity (Wildman–Crippen MR) is 56.8 cm³/mol. The summed E-state index contributed by atoms with van der Waals surface area (Å²) in [4.78, 5) is 15.5. The molecule has 0 aliphatic carbocycles. The molecular formula is C10H10N4O. The van der Waals surface area contributed by atoms with Crippen LogP contribution in [0.4, 0.5) is 5.69 Å². The van der Waals surface area contributed by atoms with Gasteiger partial charge in [0, 0.05) is 12.4 Å². The van der Waals surface area contributed by atoms with E-state index in [1.165, 1.54) is 6.20 Å². The molecule has 3 N–H and O–H groups in total. The van der Waals surface area contributed by atoms with Gasteiger partial charge < -0.3 is 5.73 Å². The first-order valence-corrected chi connectivity index (χ1v) is 4.41. The first-order chi connectivity index (χ1) is 7.25. The number of nitrogens with one attached hydrogen (secondary N) is 1. The van der Waals surface area contributed by atoms with Crippen molar-refractivity contribution < 1.29 is 4.79 Å². The van der Waals surface area contributed by atoms with Crippen LogP contribution in [0, 0.1) is 0 Å². The number of rotatable bonds is 2. The maximum absolute atomic E-state index is 11.6. The number of pyridine rings is 1. The average Bonchev–Trinajstić information content (AvgIpc) is 2.71. The number of amides is 1. The molecule has 2 aromatic heterocycles. The molecule has 0 radical (unpaired) electrons. The standard InChI is InChI=1S/C10H10N4O/c11-8-3-4-9(12-7-8)10(15)13-14-5-1-2-6-14/h1-7H,11H2,(H,13,15). The van der Waals surface area contributed by atoms with Gasteiger partial charge in [-0.25, -0.2) is 4.98 Å². The summed E-state index contributed by atoms with van der Waals surface area (Å²) in [5, 5.41) is 0. The van der Waals surface area contributed by atoms with Gasteiger partial charge in [-0.1, -0.05) is 0 Å². The van der Waals surface area contributed by atoms with Crippen LogP contribution in [0.2, 0.25) is 0 Å². The molecule has 0 atom stereocenters. The fourth-order valence-corrected chi connectivity index (χ4v) is 1.12. The zero-order valence-corrected chi connectivity index (χ0v) is 7.92. The summed E-state index contributed by atoms with van der Waals surface area (Å²) < 4.78 is 1.56. The first kappa shape index (κ1) is 9.26. The van der Waals surface area contributed by atoms with Crippen molar-refractivity contribution in [3.63, 3.8) is 0 Å². The van der Waals surface area contributed by atoms with E-state index in [2.05, 4.69) is 10.4 Å². The number of nitrogens with two attached hydrogens (primary N) is 1. The van der Waals surface area contributed by atoms with Crippen LogP contribution in [0.3, 0.4) is 0 Å². The van der Waals surface area contributed by atoms with Gasteiger partial charge >= 0.3 is 0 Å². The fourth-order valence-electron chi connectivity index (χ4n) is 1.12. The molecule has 0 aromatic carbocycles. The van der Waals surface area contributed by atoms with Crippen molar-refractivity contribution in [2.75, 3.05) is 11.2 Å². The molecule has 0 fully saturated rings. The molecule has 15 heavy (non-hydrogen) atoms. The van der Waals surface area contributed by atoms with E-state index in [1.54, 1.807) is 29.2 Å². The lowest BCUT2D eigenvalue weighted by Crippen LogP contribution is -2.22. The Morgan fingerprint density at radius 3 is 2.67 bits per heavy atom. The molecule has 0 bridgehead atoms. The summed E-state index contributed by atoms with van der Waals surface area (Å²) in [6.07, 6.45) is 4.91. The van der Waals surface area contributed by atoms with Crippen molar-refractivity contribution in [1.29, 1.82) is 0 Å². The number of carbonyl (C=O) groups excluding carboxylic acids is 1. The molecule has 0 aliphatic heterocycles. The van der Waals surface area contributed by atoms with Gasteiger partial charge in [-0.3, -0.25) is 14.9 Å². The van der Waals surface area contributed by atoms with Gasteiger partial charge in [-0.05, 0) is 24.3 Å². The molecule has 0 unspecified atom stereocenters. The highest BCUT2D eigenvalue weighted by molar-refractivity contribution is 5.98. The molecule has 5 nitrogen and oxygen atoms in total. The minimum Gasteiger partial charge on any atom is -0.397 e. The van der Waals surface area contributed by atoms with Gasteiger partial charge in [-0.15, -0.1) is 0 Å². The van der Waals surface area contributed by atoms with Crippen molar-refractivity contribution in [3.8, 4) is 0 Å². The van der Waals surface area contributed by atoms with Gasteiger partial charge in [-0.2, -0.15) is 0 Å². The van der Waals surface area contributed by atoms with Crippen LogP contribution >= 0.6 is 0 Å². The summed E-state index contributed by atoms with van der Waals surface area (Å²) in [6.45, 7) is 0. The number of carbonyl (C=O) groups is 1. The Hall–Kier alpha value is -2.30. The fraction of sp³-hybridized carbons (Fsp3) is 0. The van der Waals surface area contributed by atoms with Crippen LogP contribution in [0.5, 0.6) is 0 Å². The topological polar surface area (TPSA) is 72.9 Å². The van der Waals surface area contributed by atoms with Gasteiger partial charge in [0.25, 0.3) is 5.91 Å². The van der Waals surface area contributed by atoms with Gasteiger partial charge in [0.15, 0.2) is 0 Å². The van der Waals surface area contributed by atoms with E-state index in [1.807, 2.05) is 12.1 Å². The quantitative estimate of drug-likeness (QED) is 0.758. The third kappa shape index (κ3) is 2.14. The van der Waals surface area contributed by atoms with E-state index in [4.69, 9.17) is 5.73 Å². The number of hydrogen-bond acceptors (Lipinski definition) is 3. The van der Waals surface area contributed by atoms with E-state index in [0.29, 0.717) is 11.4 Å².